The predicted octanol–water partition coefficient (Wildman–Crippen LogP) is 5.27. The van der Waals surface area contributed by atoms with Gasteiger partial charge in [0, 0.05) is 18.2 Å². The van der Waals surface area contributed by atoms with Crippen LogP contribution in [0.25, 0.3) is 5.57 Å². The minimum atomic E-state index is -5.27. The summed E-state index contributed by atoms with van der Waals surface area (Å²) < 4.78 is 44.1. The number of benzene rings is 1. The summed E-state index contributed by atoms with van der Waals surface area (Å²) in [5.74, 6) is -3.97. The van der Waals surface area contributed by atoms with Gasteiger partial charge in [-0.2, -0.15) is 18.3 Å². The molecule has 1 heterocycles. The zero-order valence-corrected chi connectivity index (χ0v) is 19.0. The maximum absolute atomic E-state index is 13.3. The molecule has 2 rings (SSSR count). The van der Waals surface area contributed by atoms with Gasteiger partial charge in [-0.25, -0.2) is 9.48 Å². The van der Waals surface area contributed by atoms with E-state index in [-0.39, 0.29) is 40.4 Å². The maximum atomic E-state index is 13.3. The Bertz CT molecular complexity index is 1140. The number of aromatic nitrogens is 2. The summed E-state index contributed by atoms with van der Waals surface area (Å²) in [4.78, 5) is 35.8. The Kier molecular flexibility index (Phi) is 7.46. The molecular weight excluding hydrogens is 443 g/mol. The van der Waals surface area contributed by atoms with E-state index in [1.54, 1.807) is 34.6 Å². The highest BCUT2D eigenvalue weighted by Gasteiger charge is 2.43. The first kappa shape index (κ1) is 25.8. The molecule has 1 aromatic carbocycles. The van der Waals surface area contributed by atoms with Crippen LogP contribution >= 0.6 is 0 Å². The SMILES string of the molecule is CC(C)=C(C)c1c([N+](=O)[O-])ccc(C(=O)c2cnn(CC(C)C)c2OC(=O)C(F)(F)F)c1C. The highest BCUT2D eigenvalue weighted by molar-refractivity contribution is 6.12. The quantitative estimate of drug-likeness (QED) is 0.238. The number of esters is 1. The van der Waals surface area contributed by atoms with Crippen LogP contribution in [-0.4, -0.2) is 32.6 Å². The number of rotatable bonds is 7. The van der Waals surface area contributed by atoms with Gasteiger partial charge in [-0.15, -0.1) is 0 Å². The molecule has 8 nitrogen and oxygen atoms in total. The Labute approximate surface area is 188 Å². The van der Waals surface area contributed by atoms with Gasteiger partial charge in [0.25, 0.3) is 5.69 Å². The van der Waals surface area contributed by atoms with Crippen LogP contribution in [-0.2, 0) is 11.3 Å². The lowest BCUT2D eigenvalue weighted by molar-refractivity contribution is -0.385. The van der Waals surface area contributed by atoms with E-state index in [9.17, 15) is 32.9 Å². The van der Waals surface area contributed by atoms with Gasteiger partial charge >= 0.3 is 12.1 Å². The number of ether oxygens (including phenoxy) is 1. The zero-order chi connectivity index (χ0) is 25.2. The lowest BCUT2D eigenvalue weighted by Crippen LogP contribution is -2.29. The molecule has 0 radical (unpaired) electrons. The Morgan fingerprint density at radius 1 is 1.18 bits per heavy atom. The maximum Gasteiger partial charge on any atom is 0.491 e. The number of nitro benzene ring substituents is 1. The molecule has 1 aromatic heterocycles. The number of hydrogen-bond acceptors (Lipinski definition) is 6. The van der Waals surface area contributed by atoms with Crippen molar-refractivity contribution in [1.29, 1.82) is 0 Å². The molecule has 0 saturated heterocycles. The highest BCUT2D eigenvalue weighted by atomic mass is 19.4. The fourth-order valence-electron chi connectivity index (χ4n) is 3.22. The van der Waals surface area contributed by atoms with Crippen LogP contribution in [0, 0.1) is 23.0 Å². The summed E-state index contributed by atoms with van der Waals surface area (Å²) in [6.45, 7) is 10.4. The molecule has 0 aliphatic heterocycles. The van der Waals surface area contributed by atoms with Gasteiger partial charge in [-0.3, -0.25) is 14.9 Å². The number of halogens is 3. The summed E-state index contributed by atoms with van der Waals surface area (Å²) in [7, 11) is 0. The van der Waals surface area contributed by atoms with E-state index >= 15 is 0 Å². The van der Waals surface area contributed by atoms with Gasteiger partial charge in [0.15, 0.2) is 5.78 Å². The number of alkyl halides is 3. The smallest absolute Gasteiger partial charge is 0.400 e. The Morgan fingerprint density at radius 2 is 1.79 bits per heavy atom. The average Bonchev–Trinajstić information content (AvgIpc) is 3.07. The zero-order valence-electron chi connectivity index (χ0n) is 19.0. The van der Waals surface area contributed by atoms with Gasteiger partial charge in [0.1, 0.15) is 5.56 Å². The number of nitrogens with zero attached hydrogens (tertiary/aromatic N) is 3. The number of carbonyl (C=O) groups is 2. The second kappa shape index (κ2) is 9.55. The Morgan fingerprint density at radius 3 is 2.27 bits per heavy atom. The molecule has 2 aromatic rings. The third-order valence-electron chi connectivity index (χ3n) is 5.00. The van der Waals surface area contributed by atoms with Crippen LogP contribution in [0.15, 0.2) is 23.9 Å². The molecule has 11 heteroatoms. The van der Waals surface area contributed by atoms with Crippen LogP contribution in [0.3, 0.4) is 0 Å². The van der Waals surface area contributed by atoms with E-state index in [2.05, 4.69) is 9.84 Å². The molecule has 0 aliphatic carbocycles. The molecule has 0 saturated carbocycles. The molecule has 33 heavy (non-hydrogen) atoms. The molecule has 0 bridgehead atoms. The van der Waals surface area contributed by atoms with E-state index in [1.807, 2.05) is 0 Å². The molecule has 0 N–H and O–H groups in total. The summed E-state index contributed by atoms with van der Waals surface area (Å²) in [5, 5.41) is 15.5. The van der Waals surface area contributed by atoms with Crippen molar-refractivity contribution in [2.45, 2.75) is 54.3 Å². The topological polar surface area (TPSA) is 104 Å². The van der Waals surface area contributed by atoms with Crippen molar-refractivity contribution in [3.8, 4) is 5.88 Å². The first-order valence-corrected chi connectivity index (χ1v) is 9.98. The van der Waals surface area contributed by atoms with Crippen molar-refractivity contribution in [1.82, 2.24) is 9.78 Å². The second-order valence-electron chi connectivity index (χ2n) is 8.17. The van der Waals surface area contributed by atoms with Crippen molar-refractivity contribution >= 4 is 23.0 Å². The monoisotopic (exact) mass is 467 g/mol. The summed E-state index contributed by atoms with van der Waals surface area (Å²) in [5.41, 5.74) is 1.35. The normalized spacial score (nSPS) is 11.5. The first-order chi connectivity index (χ1) is 15.2. The van der Waals surface area contributed by atoms with Crippen LogP contribution in [0.4, 0.5) is 18.9 Å². The van der Waals surface area contributed by atoms with Crippen molar-refractivity contribution in [2.24, 2.45) is 5.92 Å². The van der Waals surface area contributed by atoms with E-state index in [0.29, 0.717) is 5.57 Å². The molecule has 0 aliphatic rings. The number of ketones is 1. The largest absolute Gasteiger partial charge is 0.491 e. The number of nitro groups is 1. The van der Waals surface area contributed by atoms with Crippen LogP contribution in [0.5, 0.6) is 5.88 Å². The average molecular weight is 467 g/mol. The lowest BCUT2D eigenvalue weighted by Gasteiger charge is -2.15. The van der Waals surface area contributed by atoms with E-state index in [0.717, 1.165) is 16.5 Å². The van der Waals surface area contributed by atoms with Crippen molar-refractivity contribution in [3.05, 3.63) is 56.3 Å². The second-order valence-corrected chi connectivity index (χ2v) is 8.17. The molecule has 178 valence electrons. The molecule has 0 amide bonds. The van der Waals surface area contributed by atoms with Gasteiger partial charge in [0.2, 0.25) is 5.88 Å². The molecular formula is C22H24F3N3O5. The number of carbonyl (C=O) groups excluding carboxylic acids is 2. The summed E-state index contributed by atoms with van der Waals surface area (Å²) in [6, 6.07) is 2.40. The third-order valence-corrected chi connectivity index (χ3v) is 5.00. The Balaban J connectivity index is 2.70. The Hall–Kier alpha value is -3.50. The van der Waals surface area contributed by atoms with Gasteiger partial charge in [-0.1, -0.05) is 19.4 Å². The number of hydrogen-bond donors (Lipinski definition) is 0. The summed E-state index contributed by atoms with van der Waals surface area (Å²) >= 11 is 0. The summed E-state index contributed by atoms with van der Waals surface area (Å²) in [6.07, 6.45) is -4.25. The predicted molar refractivity (Wildman–Crippen MR) is 114 cm³/mol. The van der Waals surface area contributed by atoms with E-state index < -0.39 is 28.7 Å². The van der Waals surface area contributed by atoms with Gasteiger partial charge in [-0.05, 0) is 50.8 Å². The lowest BCUT2D eigenvalue weighted by atomic mass is 9.90. The molecule has 0 atom stereocenters. The van der Waals surface area contributed by atoms with E-state index in [4.69, 9.17) is 0 Å². The minimum absolute atomic E-state index is 0.0182. The van der Waals surface area contributed by atoms with Crippen LogP contribution in [0.1, 0.15) is 61.7 Å². The van der Waals surface area contributed by atoms with E-state index in [1.165, 1.54) is 19.1 Å². The van der Waals surface area contributed by atoms with Crippen LogP contribution in [0.2, 0.25) is 0 Å². The molecule has 0 unspecified atom stereocenters. The fraction of sp³-hybridized carbons (Fsp3) is 0.409. The minimum Gasteiger partial charge on any atom is -0.400 e. The van der Waals surface area contributed by atoms with Crippen LogP contribution < -0.4 is 4.74 Å². The van der Waals surface area contributed by atoms with Gasteiger partial charge in [0.05, 0.1) is 16.7 Å². The highest BCUT2D eigenvalue weighted by Crippen LogP contribution is 2.35. The van der Waals surface area contributed by atoms with Crippen molar-refractivity contribution < 1.29 is 32.4 Å². The van der Waals surface area contributed by atoms with Gasteiger partial charge < -0.3 is 4.74 Å². The van der Waals surface area contributed by atoms with Crippen molar-refractivity contribution in [2.75, 3.05) is 0 Å². The first-order valence-electron chi connectivity index (χ1n) is 9.98. The van der Waals surface area contributed by atoms with Crippen molar-refractivity contribution in [3.63, 3.8) is 0 Å². The fourth-order valence-corrected chi connectivity index (χ4v) is 3.22. The third kappa shape index (κ3) is 5.47. The molecule has 0 fully saturated rings. The molecule has 0 spiro atoms. The standard InChI is InChI=1S/C22H24F3N3O5/c1-11(2)10-27-20(33-21(30)22(23,24)25)16(9-26-27)19(29)15-7-8-17(28(31)32)18(14(15)6)13(5)12(3)4/h7-9,11H,10H2,1-6H3. The number of allylic oxidation sites excluding steroid dienone is 2.